The highest BCUT2D eigenvalue weighted by Gasteiger charge is 2.30. The molecular weight excluding hydrogens is 380 g/mol. The van der Waals surface area contributed by atoms with E-state index < -0.39 is 12.2 Å². The van der Waals surface area contributed by atoms with Crippen LogP contribution in [0.4, 0.5) is 0 Å². The monoisotopic (exact) mass is 422 g/mol. The van der Waals surface area contributed by atoms with E-state index in [1.165, 1.54) is 37.0 Å². The van der Waals surface area contributed by atoms with Crippen LogP contribution in [0.1, 0.15) is 60.3 Å². The van der Waals surface area contributed by atoms with E-state index in [0.29, 0.717) is 11.5 Å². The maximum absolute atomic E-state index is 8.94. The van der Waals surface area contributed by atoms with Gasteiger partial charge < -0.3 is 29.2 Å². The molecule has 0 saturated carbocycles. The van der Waals surface area contributed by atoms with E-state index in [4.69, 9.17) is 29.2 Å². The molecule has 2 heterocycles. The zero-order chi connectivity index (χ0) is 21.6. The van der Waals surface area contributed by atoms with Crippen molar-refractivity contribution in [2.24, 2.45) is 0 Å². The van der Waals surface area contributed by atoms with E-state index in [1.54, 1.807) is 7.11 Å². The van der Waals surface area contributed by atoms with Gasteiger partial charge in [-0.2, -0.15) is 0 Å². The van der Waals surface area contributed by atoms with E-state index in [2.05, 4.69) is 13.8 Å². The van der Waals surface area contributed by atoms with Crippen LogP contribution in [-0.4, -0.2) is 62.6 Å². The molecule has 2 N–H and O–H groups in total. The van der Waals surface area contributed by atoms with Gasteiger partial charge in [-0.1, -0.05) is 40.5 Å². The van der Waals surface area contributed by atoms with Crippen LogP contribution in [0, 0.1) is 0 Å². The summed E-state index contributed by atoms with van der Waals surface area (Å²) in [5.41, 5.74) is 0. The van der Waals surface area contributed by atoms with Crippen LogP contribution >= 0.6 is 11.3 Å². The summed E-state index contributed by atoms with van der Waals surface area (Å²) in [6.07, 6.45) is 3.93. The first-order valence-corrected chi connectivity index (χ1v) is 11.3. The molecule has 2 atom stereocenters. The Morgan fingerprint density at radius 3 is 1.68 bits per heavy atom. The lowest BCUT2D eigenvalue weighted by Gasteiger charge is -2.30. The Morgan fingerprint density at radius 1 is 0.893 bits per heavy atom. The van der Waals surface area contributed by atoms with Crippen LogP contribution in [0.25, 0.3) is 0 Å². The van der Waals surface area contributed by atoms with Crippen molar-refractivity contribution in [3.05, 3.63) is 10.8 Å². The molecule has 2 rings (SSSR count). The van der Waals surface area contributed by atoms with Crippen molar-refractivity contribution in [1.82, 2.24) is 0 Å². The maximum Gasteiger partial charge on any atom is 0.172 e. The quantitative estimate of drug-likeness (QED) is 0.570. The number of thiophene rings is 1. The summed E-state index contributed by atoms with van der Waals surface area (Å²) in [4.78, 5) is 0. The second-order valence-corrected chi connectivity index (χ2v) is 6.42. The number of hydrogen-bond donors (Lipinski definition) is 2. The van der Waals surface area contributed by atoms with E-state index in [0.717, 1.165) is 19.8 Å². The van der Waals surface area contributed by atoms with Gasteiger partial charge in [0.15, 0.2) is 23.7 Å². The SMILES string of the molecule is CC.CCCCOC.CCCCOCC.OCC1Oc2cscc2OC1CO. The summed E-state index contributed by atoms with van der Waals surface area (Å²) in [6, 6.07) is 0. The van der Waals surface area contributed by atoms with Crippen molar-refractivity contribution in [1.29, 1.82) is 0 Å². The van der Waals surface area contributed by atoms with Crippen LogP contribution in [0.3, 0.4) is 0 Å². The van der Waals surface area contributed by atoms with Gasteiger partial charge in [0.2, 0.25) is 0 Å². The third-order valence-corrected chi connectivity index (χ3v) is 4.17. The molecular formula is C21H42O6S. The smallest absolute Gasteiger partial charge is 0.172 e. The summed E-state index contributed by atoms with van der Waals surface area (Å²) in [5.74, 6) is 1.29. The van der Waals surface area contributed by atoms with Crippen LogP contribution in [0.2, 0.25) is 0 Å². The fraction of sp³-hybridized carbons (Fsp3) is 0.810. The fourth-order valence-electron chi connectivity index (χ4n) is 1.91. The Kier molecular flexibility index (Phi) is 23.5. The average molecular weight is 423 g/mol. The van der Waals surface area contributed by atoms with Gasteiger partial charge in [0.1, 0.15) is 0 Å². The Bertz CT molecular complexity index is 379. The lowest BCUT2D eigenvalue weighted by molar-refractivity contribution is -0.0342. The predicted octanol–water partition coefficient (Wildman–Crippen LogP) is 4.52. The number of aliphatic hydroxyl groups excluding tert-OH is 2. The zero-order valence-corrected chi connectivity index (χ0v) is 19.4. The lowest BCUT2D eigenvalue weighted by atomic mass is 10.2. The Morgan fingerprint density at radius 2 is 1.36 bits per heavy atom. The van der Waals surface area contributed by atoms with Crippen molar-refractivity contribution >= 4 is 11.3 Å². The molecule has 0 amide bonds. The van der Waals surface area contributed by atoms with Crippen molar-refractivity contribution in [3.63, 3.8) is 0 Å². The summed E-state index contributed by atoms with van der Waals surface area (Å²) in [5, 5.41) is 21.5. The van der Waals surface area contributed by atoms with Crippen molar-refractivity contribution in [2.45, 2.75) is 72.5 Å². The first-order valence-electron chi connectivity index (χ1n) is 10.4. The van der Waals surface area contributed by atoms with Gasteiger partial charge in [-0.25, -0.2) is 0 Å². The molecule has 0 aliphatic carbocycles. The minimum absolute atomic E-state index is 0.152. The maximum atomic E-state index is 8.94. The minimum Gasteiger partial charge on any atom is -0.479 e. The van der Waals surface area contributed by atoms with Gasteiger partial charge in [-0.15, -0.1) is 11.3 Å². The van der Waals surface area contributed by atoms with Gasteiger partial charge in [0.25, 0.3) is 0 Å². The molecule has 0 spiro atoms. The molecule has 7 heteroatoms. The fourth-order valence-corrected chi connectivity index (χ4v) is 2.57. The molecule has 0 aromatic carbocycles. The lowest BCUT2D eigenvalue weighted by Crippen LogP contribution is -2.44. The molecule has 0 bridgehead atoms. The van der Waals surface area contributed by atoms with Gasteiger partial charge in [-0.3, -0.25) is 0 Å². The van der Waals surface area contributed by atoms with Gasteiger partial charge in [0.05, 0.1) is 13.2 Å². The molecule has 6 nitrogen and oxygen atoms in total. The van der Waals surface area contributed by atoms with Crippen LogP contribution in [0.15, 0.2) is 10.8 Å². The third-order valence-electron chi connectivity index (χ3n) is 3.47. The first-order chi connectivity index (χ1) is 13.7. The molecule has 0 saturated heterocycles. The number of unbranched alkanes of at least 4 members (excludes halogenated alkanes) is 2. The van der Waals surface area contributed by atoms with E-state index >= 15 is 0 Å². The van der Waals surface area contributed by atoms with Crippen molar-refractivity contribution < 1.29 is 29.2 Å². The number of aliphatic hydroxyl groups is 2. The third kappa shape index (κ3) is 14.2. The van der Waals surface area contributed by atoms with Crippen molar-refractivity contribution in [2.75, 3.05) is 40.1 Å². The molecule has 0 radical (unpaired) electrons. The van der Waals surface area contributed by atoms with E-state index in [9.17, 15) is 0 Å². The van der Waals surface area contributed by atoms with Crippen molar-refractivity contribution in [3.8, 4) is 11.5 Å². The predicted molar refractivity (Wildman–Crippen MR) is 117 cm³/mol. The number of fused-ring (bicyclic) bond motifs is 1. The highest BCUT2D eigenvalue weighted by atomic mass is 32.1. The summed E-state index contributed by atoms with van der Waals surface area (Å²) < 4.78 is 20.7. The Hall–Kier alpha value is -0.860. The second-order valence-electron chi connectivity index (χ2n) is 5.67. The number of methoxy groups -OCH3 is 1. The highest BCUT2D eigenvalue weighted by molar-refractivity contribution is 7.08. The molecule has 1 aromatic heterocycles. The largest absolute Gasteiger partial charge is 0.479 e. The molecule has 28 heavy (non-hydrogen) atoms. The van der Waals surface area contributed by atoms with Crippen LogP contribution in [-0.2, 0) is 9.47 Å². The summed E-state index contributed by atoms with van der Waals surface area (Å²) >= 11 is 1.47. The number of hydrogen-bond acceptors (Lipinski definition) is 7. The first kappa shape index (κ1) is 29.3. The minimum atomic E-state index is -0.466. The van der Waals surface area contributed by atoms with Crippen LogP contribution in [0.5, 0.6) is 11.5 Å². The second kappa shape index (κ2) is 22.4. The Balaban J connectivity index is 0. The number of ether oxygens (including phenoxy) is 4. The topological polar surface area (TPSA) is 77.4 Å². The molecule has 1 aliphatic heterocycles. The standard InChI is InChI=1S/C8H10O4S.C6H14O.C5H12O.C2H6/c9-1-5-6(2-10)12-8-4-13-3-7(8)11-5;1-3-5-6-7-4-2;1-3-4-5-6-2;1-2/h3-6,9-10H,1-2H2;3-6H2,1-2H3;3-5H2,1-2H3;1-2H3. The van der Waals surface area contributed by atoms with Gasteiger partial charge in [-0.05, 0) is 19.8 Å². The van der Waals surface area contributed by atoms with E-state index in [-0.39, 0.29) is 13.2 Å². The molecule has 1 aliphatic rings. The van der Waals surface area contributed by atoms with Gasteiger partial charge in [0, 0.05) is 37.7 Å². The zero-order valence-electron chi connectivity index (χ0n) is 18.6. The Labute approximate surface area is 175 Å². The number of rotatable bonds is 9. The molecule has 168 valence electrons. The summed E-state index contributed by atoms with van der Waals surface area (Å²) in [7, 11) is 1.73. The normalized spacial score (nSPS) is 16.6. The van der Waals surface area contributed by atoms with E-state index in [1.807, 2.05) is 31.5 Å². The van der Waals surface area contributed by atoms with Gasteiger partial charge >= 0.3 is 0 Å². The van der Waals surface area contributed by atoms with Crippen LogP contribution < -0.4 is 9.47 Å². The molecule has 2 unspecified atom stereocenters. The average Bonchev–Trinajstić information content (AvgIpc) is 3.21. The summed E-state index contributed by atoms with van der Waals surface area (Å²) in [6.45, 7) is 12.7. The molecule has 0 fully saturated rings. The molecule has 1 aromatic rings. The highest BCUT2D eigenvalue weighted by Crippen LogP contribution is 2.37.